The predicted octanol–water partition coefficient (Wildman–Crippen LogP) is 14.8. The Bertz CT molecular complexity index is 691. The van der Waals surface area contributed by atoms with Gasteiger partial charge in [-0.25, -0.2) is 0 Å². The molecule has 0 fully saturated rings. The number of Topliss-reactive ketones (excluding diaryl/α,β-unsaturated/α-hetero) is 1. The summed E-state index contributed by atoms with van der Waals surface area (Å²) in [6.45, 7) is 6.67. The zero-order valence-corrected chi connectivity index (χ0v) is 33.4. The molecular weight excluding hydrogens is 608 g/mol. The van der Waals surface area contributed by atoms with E-state index in [0.717, 1.165) is 51.4 Å². The fourth-order valence-electron chi connectivity index (χ4n) is 6.69. The number of carboxylic acid groups (broad SMARTS) is 2. The number of carbonyl (C=O) groups is 3. The molecule has 0 saturated carbocycles. The normalized spacial score (nSPS) is 11.7. The highest BCUT2D eigenvalue weighted by Crippen LogP contribution is 2.18. The Labute approximate surface area is 306 Å². The summed E-state index contributed by atoms with van der Waals surface area (Å²) in [7, 11) is 0. The van der Waals surface area contributed by atoms with Gasteiger partial charge in [0.2, 0.25) is 0 Å². The first-order valence-electron chi connectivity index (χ1n) is 21.9. The molecule has 0 aromatic rings. The maximum atomic E-state index is 12.2. The molecule has 1 unspecified atom stereocenters. The van der Waals surface area contributed by atoms with E-state index in [-0.39, 0.29) is 5.78 Å². The first kappa shape index (κ1) is 49.7. The first-order valence-corrected chi connectivity index (χ1v) is 21.9. The quantitative estimate of drug-likeness (QED) is 0.0493. The molecular formula is C44H86O5. The molecule has 0 saturated heterocycles. The summed E-state index contributed by atoms with van der Waals surface area (Å²) in [6.07, 6.45) is 44.9. The summed E-state index contributed by atoms with van der Waals surface area (Å²) in [5, 5.41) is 17.8. The molecule has 1 atom stereocenters. The zero-order chi connectivity index (χ0) is 36.5. The fraction of sp³-hybridized carbons (Fsp3) is 0.932. The second-order valence-electron chi connectivity index (χ2n) is 15.0. The van der Waals surface area contributed by atoms with E-state index < -0.39 is 17.9 Å². The minimum absolute atomic E-state index is 0.0521. The highest BCUT2D eigenvalue weighted by atomic mass is 16.4. The van der Waals surface area contributed by atoms with Gasteiger partial charge < -0.3 is 10.2 Å². The Balaban J connectivity index is 0. The molecule has 0 heterocycles. The van der Waals surface area contributed by atoms with Crippen molar-refractivity contribution in [2.75, 3.05) is 0 Å². The Morgan fingerprint density at radius 2 is 0.592 bits per heavy atom. The lowest BCUT2D eigenvalue weighted by atomic mass is 9.93. The van der Waals surface area contributed by atoms with Gasteiger partial charge in [-0.2, -0.15) is 0 Å². The third kappa shape index (κ3) is 42.7. The minimum Gasteiger partial charge on any atom is -0.481 e. The van der Waals surface area contributed by atoms with Crippen molar-refractivity contribution in [2.24, 2.45) is 5.92 Å². The summed E-state index contributed by atoms with van der Waals surface area (Å²) in [6, 6.07) is 0. The molecule has 0 rings (SSSR count). The maximum absolute atomic E-state index is 12.2. The Kier molecular flexibility index (Phi) is 43.4. The largest absolute Gasteiger partial charge is 0.481 e. The van der Waals surface area contributed by atoms with E-state index in [1.54, 1.807) is 0 Å². The highest BCUT2D eigenvalue weighted by molar-refractivity contribution is 5.98. The Morgan fingerprint density at radius 1 is 0.347 bits per heavy atom. The number of carboxylic acids is 2. The van der Waals surface area contributed by atoms with Gasteiger partial charge in [-0.1, -0.05) is 226 Å². The molecule has 292 valence electrons. The molecule has 5 heteroatoms. The highest BCUT2D eigenvalue weighted by Gasteiger charge is 2.24. The molecule has 49 heavy (non-hydrogen) atoms. The molecule has 0 amide bonds. The van der Waals surface area contributed by atoms with Crippen LogP contribution in [-0.4, -0.2) is 27.9 Å². The van der Waals surface area contributed by atoms with Gasteiger partial charge in [-0.15, -0.1) is 0 Å². The van der Waals surface area contributed by atoms with Crippen LogP contribution in [0, 0.1) is 5.92 Å². The molecule has 0 aromatic carbocycles. The number of rotatable bonds is 39. The van der Waals surface area contributed by atoms with Gasteiger partial charge in [0.15, 0.2) is 0 Å². The van der Waals surface area contributed by atoms with Crippen LogP contribution < -0.4 is 0 Å². The van der Waals surface area contributed by atoms with E-state index in [4.69, 9.17) is 5.11 Å². The molecule has 0 aliphatic rings. The fourth-order valence-corrected chi connectivity index (χ4v) is 6.69. The third-order valence-corrected chi connectivity index (χ3v) is 10.1. The number of carbonyl (C=O) groups excluding carboxylic acids is 1. The summed E-state index contributed by atoms with van der Waals surface area (Å²) >= 11 is 0. The van der Waals surface area contributed by atoms with Crippen molar-refractivity contribution in [1.82, 2.24) is 0 Å². The number of aliphatic carboxylic acids is 2. The van der Waals surface area contributed by atoms with Crippen LogP contribution in [0.3, 0.4) is 0 Å². The lowest BCUT2D eigenvalue weighted by Gasteiger charge is -2.11. The van der Waals surface area contributed by atoms with Crippen LogP contribution in [0.4, 0.5) is 0 Å². The van der Waals surface area contributed by atoms with E-state index in [0.29, 0.717) is 19.3 Å². The van der Waals surface area contributed by atoms with E-state index in [1.807, 2.05) is 0 Å². The summed E-state index contributed by atoms with van der Waals surface area (Å²) in [4.78, 5) is 33.9. The standard InChI is InChI=1S/C26H50O3.C18H36O2/c1-3-5-7-9-10-11-12-13-14-15-16-17-18-19-21-23-25(27)24(26(28)29)22-20-8-6-4-2;1-2-3-4-5-6-7-8-9-10-11-12-13-14-15-16-17-18(19)20/h24H,3-23H2,1-2H3,(H,28,29);2-17H2,1H3,(H,19,20). The van der Waals surface area contributed by atoms with Crippen molar-refractivity contribution in [1.29, 1.82) is 0 Å². The van der Waals surface area contributed by atoms with E-state index in [1.165, 1.54) is 167 Å². The molecule has 0 radical (unpaired) electrons. The molecule has 0 aromatic heterocycles. The number of hydrogen-bond donors (Lipinski definition) is 2. The smallest absolute Gasteiger partial charge is 0.314 e. The monoisotopic (exact) mass is 695 g/mol. The second-order valence-corrected chi connectivity index (χ2v) is 15.0. The lowest BCUT2D eigenvalue weighted by Crippen LogP contribution is -2.23. The van der Waals surface area contributed by atoms with Crippen LogP contribution in [0.2, 0.25) is 0 Å². The van der Waals surface area contributed by atoms with Gasteiger partial charge >= 0.3 is 11.9 Å². The van der Waals surface area contributed by atoms with E-state index >= 15 is 0 Å². The topological polar surface area (TPSA) is 91.7 Å². The van der Waals surface area contributed by atoms with Crippen LogP contribution in [0.25, 0.3) is 0 Å². The molecule has 5 nitrogen and oxygen atoms in total. The number of hydrogen-bond acceptors (Lipinski definition) is 3. The van der Waals surface area contributed by atoms with Gasteiger partial charge in [0, 0.05) is 12.8 Å². The Hall–Kier alpha value is -1.39. The summed E-state index contributed by atoms with van der Waals surface area (Å²) in [5.41, 5.74) is 0. The van der Waals surface area contributed by atoms with Gasteiger partial charge in [-0.3, -0.25) is 14.4 Å². The van der Waals surface area contributed by atoms with Crippen molar-refractivity contribution >= 4 is 17.7 Å². The summed E-state index contributed by atoms with van der Waals surface area (Å²) < 4.78 is 0. The first-order chi connectivity index (χ1) is 23.9. The average molecular weight is 695 g/mol. The van der Waals surface area contributed by atoms with Gasteiger partial charge in [0.25, 0.3) is 0 Å². The van der Waals surface area contributed by atoms with E-state index in [9.17, 15) is 19.5 Å². The van der Waals surface area contributed by atoms with E-state index in [2.05, 4.69) is 20.8 Å². The maximum Gasteiger partial charge on any atom is 0.314 e. The molecule has 0 spiro atoms. The van der Waals surface area contributed by atoms with Crippen molar-refractivity contribution in [3.8, 4) is 0 Å². The van der Waals surface area contributed by atoms with Gasteiger partial charge in [0.05, 0.1) is 0 Å². The molecule has 2 N–H and O–H groups in total. The SMILES string of the molecule is CCCCCCCCCCCCCCCCCC(=O)C(CCCCCC)C(=O)O.CCCCCCCCCCCCCCCCCC(=O)O. The van der Waals surface area contributed by atoms with Gasteiger partial charge in [-0.05, 0) is 19.3 Å². The van der Waals surface area contributed by atoms with Crippen LogP contribution in [0.5, 0.6) is 0 Å². The minimum atomic E-state index is -0.924. The number of unbranched alkanes of at least 4 members (excludes halogenated alkanes) is 31. The van der Waals surface area contributed by atoms with Crippen LogP contribution in [-0.2, 0) is 14.4 Å². The zero-order valence-electron chi connectivity index (χ0n) is 33.4. The van der Waals surface area contributed by atoms with Crippen LogP contribution in [0.15, 0.2) is 0 Å². The Morgan fingerprint density at radius 3 is 0.857 bits per heavy atom. The second kappa shape index (κ2) is 42.8. The predicted molar refractivity (Wildman–Crippen MR) is 212 cm³/mol. The third-order valence-electron chi connectivity index (χ3n) is 10.1. The molecule has 0 aliphatic heterocycles. The van der Waals surface area contributed by atoms with Crippen molar-refractivity contribution < 1.29 is 24.6 Å². The summed E-state index contributed by atoms with van der Waals surface area (Å²) in [5.74, 6) is -2.39. The molecule has 0 bridgehead atoms. The van der Waals surface area contributed by atoms with Crippen LogP contribution >= 0.6 is 0 Å². The number of ketones is 1. The average Bonchev–Trinajstić information content (AvgIpc) is 3.08. The van der Waals surface area contributed by atoms with Crippen molar-refractivity contribution in [3.63, 3.8) is 0 Å². The van der Waals surface area contributed by atoms with Crippen LogP contribution in [0.1, 0.15) is 258 Å². The van der Waals surface area contributed by atoms with Crippen molar-refractivity contribution in [2.45, 2.75) is 258 Å². The van der Waals surface area contributed by atoms with Gasteiger partial charge in [0.1, 0.15) is 11.7 Å². The lowest BCUT2D eigenvalue weighted by molar-refractivity contribution is -0.146. The molecule has 0 aliphatic carbocycles. The van der Waals surface area contributed by atoms with Crippen molar-refractivity contribution in [3.05, 3.63) is 0 Å².